The van der Waals surface area contributed by atoms with Crippen LogP contribution in [0.2, 0.25) is 0 Å². The second kappa shape index (κ2) is 8.41. The molecule has 3 aromatic carbocycles. The van der Waals surface area contributed by atoms with Crippen LogP contribution in [0.25, 0.3) is 0 Å². The number of ether oxygens (including phenoxy) is 1. The number of benzene rings is 3. The van der Waals surface area contributed by atoms with Crippen LogP contribution >= 0.6 is 0 Å². The molecule has 2 aliphatic rings. The number of nitrogens with zero attached hydrogens (tertiary/aromatic N) is 3. The summed E-state index contributed by atoms with van der Waals surface area (Å²) in [5, 5.41) is 10.8. The number of rotatable bonds is 5. The maximum Gasteiger partial charge on any atom is 0.266 e. The van der Waals surface area contributed by atoms with Gasteiger partial charge in [-0.25, -0.2) is 9.96 Å². The fraction of sp³-hybridized carbons (Fsp3) is 0.192. The Morgan fingerprint density at radius 3 is 2.24 bits per heavy atom. The van der Waals surface area contributed by atoms with Crippen molar-refractivity contribution in [3.63, 3.8) is 0 Å². The molecule has 0 aliphatic carbocycles. The van der Waals surface area contributed by atoms with Crippen molar-refractivity contribution in [3.05, 3.63) is 90.0 Å². The Bertz CT molecular complexity index is 1220. The van der Waals surface area contributed by atoms with Gasteiger partial charge in [-0.3, -0.25) is 14.4 Å². The summed E-state index contributed by atoms with van der Waals surface area (Å²) in [7, 11) is 0. The van der Waals surface area contributed by atoms with E-state index in [1.165, 1.54) is 4.90 Å². The highest BCUT2D eigenvalue weighted by Gasteiger charge is 2.60. The Morgan fingerprint density at radius 2 is 1.61 bits per heavy atom. The molecule has 33 heavy (non-hydrogen) atoms. The van der Waals surface area contributed by atoms with Crippen molar-refractivity contribution < 1.29 is 19.2 Å². The third kappa shape index (κ3) is 3.51. The maximum absolute atomic E-state index is 13.6. The molecule has 0 aromatic heterocycles. The number of carbonyl (C=O) groups is 2. The molecule has 164 valence electrons. The van der Waals surface area contributed by atoms with Gasteiger partial charge >= 0.3 is 0 Å². The van der Waals surface area contributed by atoms with Gasteiger partial charge in [-0.05, 0) is 61.0 Å². The number of carbonyl (C=O) groups excluding carboxylic acids is 2. The van der Waals surface area contributed by atoms with E-state index in [1.54, 1.807) is 41.5 Å². The fourth-order valence-electron chi connectivity index (χ4n) is 4.42. The number of para-hydroxylation sites is 1. The van der Waals surface area contributed by atoms with Gasteiger partial charge in [0.15, 0.2) is 6.10 Å². The van der Waals surface area contributed by atoms with E-state index in [4.69, 9.17) is 14.8 Å². The summed E-state index contributed by atoms with van der Waals surface area (Å²) in [6.07, 6.45) is -0.940. The SMILES string of the molecule is CCOc1ccc(N2C(=O)[C@@H]3[C@@H](c4ccc(C#N)cc4)N(c4ccccc4)O[C@H]3C2=O)cc1. The largest absolute Gasteiger partial charge is 0.494 e. The summed E-state index contributed by atoms with van der Waals surface area (Å²) in [6.45, 7) is 2.42. The van der Waals surface area contributed by atoms with Crippen LogP contribution in [0.4, 0.5) is 11.4 Å². The van der Waals surface area contributed by atoms with E-state index in [9.17, 15) is 9.59 Å². The van der Waals surface area contributed by atoms with E-state index in [1.807, 2.05) is 49.4 Å². The number of amides is 2. The average molecular weight is 439 g/mol. The lowest BCUT2D eigenvalue weighted by molar-refractivity contribution is -0.126. The third-order valence-corrected chi connectivity index (χ3v) is 5.91. The standard InChI is InChI=1S/C26H21N3O4/c1-2-32-21-14-12-19(13-15-21)28-25(30)22-23(18-10-8-17(16-27)9-11-18)29(33-24(22)26(28)31)20-6-4-3-5-7-20/h3-15,22-24H,2H2,1H3/t22-,23-,24-/m1/s1. The first-order valence-corrected chi connectivity index (χ1v) is 10.7. The molecule has 2 saturated heterocycles. The zero-order valence-electron chi connectivity index (χ0n) is 17.9. The van der Waals surface area contributed by atoms with Crippen molar-refractivity contribution in [1.29, 1.82) is 5.26 Å². The van der Waals surface area contributed by atoms with Crippen LogP contribution in [0.15, 0.2) is 78.9 Å². The van der Waals surface area contributed by atoms with Crippen molar-refractivity contribution in [2.45, 2.75) is 19.1 Å². The van der Waals surface area contributed by atoms with Gasteiger partial charge in [-0.2, -0.15) is 5.26 Å². The van der Waals surface area contributed by atoms with Gasteiger partial charge in [-0.1, -0.05) is 30.3 Å². The van der Waals surface area contributed by atoms with Gasteiger partial charge in [0, 0.05) is 0 Å². The van der Waals surface area contributed by atoms with E-state index in [2.05, 4.69) is 6.07 Å². The molecule has 2 aliphatic heterocycles. The quantitative estimate of drug-likeness (QED) is 0.559. The van der Waals surface area contributed by atoms with E-state index >= 15 is 0 Å². The lowest BCUT2D eigenvalue weighted by atomic mass is 9.90. The molecule has 2 amide bonds. The summed E-state index contributed by atoms with van der Waals surface area (Å²) in [5.41, 5.74) is 2.54. The number of imide groups is 1. The van der Waals surface area contributed by atoms with Crippen molar-refractivity contribution in [1.82, 2.24) is 0 Å². The lowest BCUT2D eigenvalue weighted by Crippen LogP contribution is -2.37. The zero-order valence-corrected chi connectivity index (χ0v) is 17.9. The third-order valence-electron chi connectivity index (χ3n) is 5.91. The van der Waals surface area contributed by atoms with Crippen molar-refractivity contribution >= 4 is 23.2 Å². The molecule has 7 heteroatoms. The molecule has 2 fully saturated rings. The normalized spacial score (nSPS) is 21.8. The minimum Gasteiger partial charge on any atom is -0.494 e. The Hall–Kier alpha value is -4.15. The molecule has 0 N–H and O–H groups in total. The molecule has 0 radical (unpaired) electrons. The number of fused-ring (bicyclic) bond motifs is 1. The van der Waals surface area contributed by atoms with E-state index in [0.717, 1.165) is 11.3 Å². The molecular formula is C26H21N3O4. The predicted molar refractivity (Wildman–Crippen MR) is 121 cm³/mol. The van der Waals surface area contributed by atoms with Crippen molar-refractivity contribution in [3.8, 4) is 11.8 Å². The summed E-state index contributed by atoms with van der Waals surface area (Å²) >= 11 is 0. The highest BCUT2D eigenvalue weighted by atomic mass is 16.7. The molecule has 0 unspecified atom stereocenters. The first kappa shape index (κ1) is 20.7. The van der Waals surface area contributed by atoms with Gasteiger partial charge in [0.05, 0.1) is 35.7 Å². The zero-order chi connectivity index (χ0) is 22.9. The highest BCUT2D eigenvalue weighted by molar-refractivity contribution is 6.23. The van der Waals surface area contributed by atoms with E-state index in [0.29, 0.717) is 23.6 Å². The lowest BCUT2D eigenvalue weighted by Gasteiger charge is -2.28. The second-order valence-corrected chi connectivity index (χ2v) is 7.83. The number of anilines is 2. The van der Waals surface area contributed by atoms with Gasteiger partial charge in [0.25, 0.3) is 5.91 Å². The minimum atomic E-state index is -0.940. The van der Waals surface area contributed by atoms with Crippen LogP contribution in [0.5, 0.6) is 5.75 Å². The van der Waals surface area contributed by atoms with Crippen LogP contribution in [-0.2, 0) is 14.4 Å². The minimum absolute atomic E-state index is 0.318. The fourth-order valence-corrected chi connectivity index (χ4v) is 4.42. The van der Waals surface area contributed by atoms with E-state index < -0.39 is 24.0 Å². The molecule has 7 nitrogen and oxygen atoms in total. The summed E-state index contributed by atoms with van der Waals surface area (Å²) in [6, 6.07) is 24.9. The molecule has 0 spiro atoms. The first-order chi connectivity index (χ1) is 16.1. The van der Waals surface area contributed by atoms with E-state index in [-0.39, 0.29) is 5.91 Å². The second-order valence-electron chi connectivity index (χ2n) is 7.83. The van der Waals surface area contributed by atoms with Crippen LogP contribution in [-0.4, -0.2) is 24.5 Å². The Balaban J connectivity index is 1.53. The van der Waals surface area contributed by atoms with Crippen LogP contribution in [0.3, 0.4) is 0 Å². The summed E-state index contributed by atoms with van der Waals surface area (Å²) < 4.78 is 5.47. The molecule has 3 aromatic rings. The monoisotopic (exact) mass is 439 g/mol. The van der Waals surface area contributed by atoms with Gasteiger partial charge in [0.1, 0.15) is 11.7 Å². The Morgan fingerprint density at radius 1 is 0.909 bits per heavy atom. The topological polar surface area (TPSA) is 82.9 Å². The summed E-state index contributed by atoms with van der Waals surface area (Å²) in [5.74, 6) is -0.770. The first-order valence-electron chi connectivity index (χ1n) is 10.7. The van der Waals surface area contributed by atoms with Gasteiger partial charge in [-0.15, -0.1) is 0 Å². The predicted octanol–water partition coefficient (Wildman–Crippen LogP) is 4.01. The van der Waals surface area contributed by atoms with Gasteiger partial charge in [0.2, 0.25) is 5.91 Å². The molecule has 2 heterocycles. The highest BCUT2D eigenvalue weighted by Crippen LogP contribution is 2.47. The number of hydrogen-bond acceptors (Lipinski definition) is 6. The number of hydrogen-bond donors (Lipinski definition) is 0. The molecule has 0 bridgehead atoms. The molecule has 5 rings (SSSR count). The number of hydroxylamine groups is 1. The van der Waals surface area contributed by atoms with Crippen LogP contribution in [0, 0.1) is 17.2 Å². The molecular weight excluding hydrogens is 418 g/mol. The van der Waals surface area contributed by atoms with Gasteiger partial charge < -0.3 is 4.74 Å². The summed E-state index contributed by atoms with van der Waals surface area (Å²) in [4.78, 5) is 34.3. The Labute approximate surface area is 191 Å². The Kier molecular flexibility index (Phi) is 5.29. The number of nitriles is 1. The van der Waals surface area contributed by atoms with Crippen LogP contribution < -0.4 is 14.7 Å². The van der Waals surface area contributed by atoms with Crippen molar-refractivity contribution in [2.75, 3.05) is 16.6 Å². The van der Waals surface area contributed by atoms with Crippen LogP contribution in [0.1, 0.15) is 24.1 Å². The van der Waals surface area contributed by atoms with Crippen molar-refractivity contribution in [2.24, 2.45) is 5.92 Å². The maximum atomic E-state index is 13.6. The molecule has 0 saturated carbocycles. The smallest absolute Gasteiger partial charge is 0.266 e. The average Bonchev–Trinajstić information content (AvgIpc) is 3.36. The molecule has 3 atom stereocenters.